The number of benzene rings is 4. The van der Waals surface area contributed by atoms with Crippen LogP contribution in [0.4, 0.5) is 0 Å². The Morgan fingerprint density at radius 1 is 0.449 bits per heavy atom. The smallest absolute Gasteiger partial charge is 0.207 e. The van der Waals surface area contributed by atoms with E-state index < -0.39 is 19.7 Å². The first-order valence-electron chi connectivity index (χ1n) is 18.2. The molecule has 8 heteroatoms. The third kappa shape index (κ3) is 5.87. The van der Waals surface area contributed by atoms with Crippen molar-refractivity contribution in [3.63, 3.8) is 0 Å². The molecular weight excluding hydrogens is 683 g/mol. The Labute approximate surface area is 298 Å². The molecule has 0 amide bonds. The van der Waals surface area contributed by atoms with Crippen molar-refractivity contribution in [3.05, 3.63) is 71.8 Å². The maximum atomic E-state index is 14.1. The molecule has 2 unspecified atom stereocenters. The summed E-state index contributed by atoms with van der Waals surface area (Å²) in [4.78, 5) is 1.38. The summed E-state index contributed by atoms with van der Waals surface area (Å²) in [7, 11) is -2.20. The Balaban J connectivity index is 1.43. The van der Waals surface area contributed by atoms with Gasteiger partial charge >= 0.3 is 0 Å². The van der Waals surface area contributed by atoms with Gasteiger partial charge in [0.15, 0.2) is 0 Å². The first-order valence-corrected chi connectivity index (χ1v) is 22.3. The molecule has 1 aliphatic carbocycles. The molecule has 49 heavy (non-hydrogen) atoms. The van der Waals surface area contributed by atoms with Crippen LogP contribution >= 0.6 is 18.5 Å². The minimum Gasteiger partial charge on any atom is -0.218 e. The van der Waals surface area contributed by atoms with Crippen LogP contribution in [0, 0.1) is 0 Å². The molecule has 0 aromatic heterocycles. The number of rotatable bonds is 14. The number of hydrogen-bond donors (Lipinski definition) is 0. The van der Waals surface area contributed by atoms with Crippen molar-refractivity contribution in [3.8, 4) is 33.4 Å². The van der Waals surface area contributed by atoms with Crippen molar-refractivity contribution in [1.82, 2.24) is 0 Å². The standard InChI is InChI=1S/C41H48O4P2S2/c1-3-5-7-9-11-13-19-41(20-14-12-10-8-6-4-2)35-23-33-29-17-15-27(46)21-37(29)48(42,43)39(33)25-31(35)32-26-40-34(24-36(32)41)30-18-16-28(47)22-38(30)49(40,44)45/h15-18,21-26H,3-14,19-20,46-47H2,1-2H3. The summed E-state index contributed by atoms with van der Waals surface area (Å²) in [5.41, 5.74) is 6.86. The van der Waals surface area contributed by atoms with E-state index in [0.717, 1.165) is 82.5 Å². The van der Waals surface area contributed by atoms with Gasteiger partial charge in [-0.2, -0.15) is 0 Å². The SMILES string of the molecule is CCCCCCCCC1(CCCCCCCC)c2cc3c(cc2-c2cc4c(cc21)-c1ccc(P)cc1S4(=O)=O)S(=O)(=O)c1cc(P)ccc1-3. The average molecular weight is 731 g/mol. The molecule has 258 valence electrons. The van der Waals surface area contributed by atoms with Crippen molar-refractivity contribution in [1.29, 1.82) is 0 Å². The van der Waals surface area contributed by atoms with Crippen LogP contribution in [0.15, 0.2) is 80.2 Å². The molecule has 0 bridgehead atoms. The molecule has 2 heterocycles. The van der Waals surface area contributed by atoms with Crippen LogP contribution in [0.2, 0.25) is 0 Å². The van der Waals surface area contributed by atoms with Crippen LogP contribution < -0.4 is 10.6 Å². The lowest BCUT2D eigenvalue weighted by molar-refractivity contribution is 0.398. The Hall–Kier alpha value is -2.36. The largest absolute Gasteiger partial charge is 0.218 e. The topological polar surface area (TPSA) is 68.3 Å². The molecular formula is C41H48O4P2S2. The highest BCUT2D eigenvalue weighted by atomic mass is 32.2. The fourth-order valence-corrected chi connectivity index (χ4v) is 12.9. The minimum atomic E-state index is -3.73. The van der Waals surface area contributed by atoms with E-state index in [-0.39, 0.29) is 5.41 Å². The van der Waals surface area contributed by atoms with E-state index in [2.05, 4.69) is 44.5 Å². The normalized spacial score (nSPS) is 16.5. The Bertz CT molecular complexity index is 2020. The van der Waals surface area contributed by atoms with Gasteiger partial charge in [0.1, 0.15) is 0 Å². The van der Waals surface area contributed by atoms with Crippen LogP contribution in [0.1, 0.15) is 115 Å². The van der Waals surface area contributed by atoms with Crippen LogP contribution in [-0.2, 0) is 25.1 Å². The van der Waals surface area contributed by atoms with E-state index >= 15 is 0 Å². The van der Waals surface area contributed by atoms with Crippen LogP contribution in [0.3, 0.4) is 0 Å². The van der Waals surface area contributed by atoms with E-state index in [1.165, 1.54) is 62.5 Å². The van der Waals surface area contributed by atoms with Crippen molar-refractivity contribution in [2.75, 3.05) is 0 Å². The molecule has 2 atom stereocenters. The maximum absolute atomic E-state index is 14.1. The van der Waals surface area contributed by atoms with Gasteiger partial charge in [0.2, 0.25) is 19.7 Å². The zero-order valence-electron chi connectivity index (χ0n) is 28.8. The van der Waals surface area contributed by atoms with Crippen molar-refractivity contribution in [2.24, 2.45) is 0 Å². The number of unbranched alkanes of at least 4 members (excludes halogenated alkanes) is 10. The predicted molar refractivity (Wildman–Crippen MR) is 209 cm³/mol. The van der Waals surface area contributed by atoms with Crippen molar-refractivity contribution in [2.45, 2.75) is 129 Å². The summed E-state index contributed by atoms with van der Waals surface area (Å²) in [6.07, 6.45) is 16.2. The van der Waals surface area contributed by atoms with E-state index in [0.29, 0.717) is 19.6 Å². The van der Waals surface area contributed by atoms with Gasteiger partial charge in [-0.3, -0.25) is 0 Å². The van der Waals surface area contributed by atoms with Gasteiger partial charge in [-0.25, -0.2) is 16.8 Å². The second-order valence-electron chi connectivity index (χ2n) is 14.4. The maximum Gasteiger partial charge on any atom is 0.207 e. The average Bonchev–Trinajstić information content (AvgIpc) is 3.56. The Morgan fingerprint density at radius 3 is 1.22 bits per heavy atom. The molecule has 0 N–H and O–H groups in total. The molecule has 4 aromatic carbocycles. The van der Waals surface area contributed by atoms with Crippen molar-refractivity contribution >= 4 is 48.8 Å². The highest BCUT2D eigenvalue weighted by Gasteiger charge is 2.47. The van der Waals surface area contributed by atoms with Crippen LogP contribution in [-0.4, -0.2) is 16.8 Å². The third-order valence-electron chi connectivity index (χ3n) is 11.2. The second kappa shape index (κ2) is 13.6. The Morgan fingerprint density at radius 2 is 0.816 bits per heavy atom. The molecule has 3 aliphatic rings. The van der Waals surface area contributed by atoms with Gasteiger partial charge in [-0.05, 0) is 82.1 Å². The summed E-state index contributed by atoms with van der Waals surface area (Å²) in [5, 5.41) is 1.67. The van der Waals surface area contributed by atoms with Crippen molar-refractivity contribution < 1.29 is 16.8 Å². The van der Waals surface area contributed by atoms with Crippen LogP contribution in [0.5, 0.6) is 0 Å². The van der Waals surface area contributed by atoms with E-state index in [4.69, 9.17) is 0 Å². The van der Waals surface area contributed by atoms with E-state index in [1.54, 1.807) is 12.1 Å². The lowest BCUT2D eigenvalue weighted by Gasteiger charge is -2.33. The zero-order chi connectivity index (χ0) is 34.6. The zero-order valence-corrected chi connectivity index (χ0v) is 32.7. The van der Waals surface area contributed by atoms with E-state index in [1.807, 2.05) is 36.4 Å². The summed E-state index contributed by atoms with van der Waals surface area (Å²) in [6, 6.07) is 19.4. The van der Waals surface area contributed by atoms with Gasteiger partial charge in [-0.15, -0.1) is 18.5 Å². The Kier molecular flexibility index (Phi) is 9.76. The van der Waals surface area contributed by atoms with Gasteiger partial charge < -0.3 is 0 Å². The number of sulfone groups is 2. The lowest BCUT2D eigenvalue weighted by atomic mass is 9.70. The molecule has 0 spiro atoms. The molecule has 0 saturated carbocycles. The number of hydrogen-bond acceptors (Lipinski definition) is 4. The van der Waals surface area contributed by atoms with E-state index in [9.17, 15) is 16.8 Å². The predicted octanol–water partition coefficient (Wildman–Crippen LogP) is 10.1. The summed E-state index contributed by atoms with van der Waals surface area (Å²) in [5.74, 6) is 0. The molecule has 2 aliphatic heterocycles. The van der Waals surface area contributed by atoms with Gasteiger partial charge in [0.25, 0.3) is 0 Å². The fraction of sp³-hybridized carbons (Fsp3) is 0.415. The van der Waals surface area contributed by atoms with Crippen LogP contribution in [0.25, 0.3) is 33.4 Å². The molecule has 4 aromatic rings. The lowest BCUT2D eigenvalue weighted by Crippen LogP contribution is -2.26. The number of fused-ring (bicyclic) bond motifs is 9. The molecule has 0 fully saturated rings. The molecule has 0 radical (unpaired) electrons. The van der Waals surface area contributed by atoms with Gasteiger partial charge in [0.05, 0.1) is 19.6 Å². The monoisotopic (exact) mass is 730 g/mol. The fourth-order valence-electron chi connectivity index (χ4n) is 8.69. The highest BCUT2D eigenvalue weighted by molar-refractivity contribution is 7.92. The quantitative estimate of drug-likeness (QED) is 0.0827. The first-order chi connectivity index (χ1) is 23.5. The first kappa shape index (κ1) is 35.1. The third-order valence-corrected chi connectivity index (χ3v) is 15.6. The second-order valence-corrected chi connectivity index (χ2v) is 19.5. The molecule has 7 rings (SSSR count). The minimum absolute atomic E-state index is 0.329. The molecule has 4 nitrogen and oxygen atoms in total. The van der Waals surface area contributed by atoms with Gasteiger partial charge in [-0.1, -0.05) is 115 Å². The summed E-state index contributed by atoms with van der Waals surface area (Å²) in [6.45, 7) is 4.49. The highest BCUT2D eigenvalue weighted by Crippen LogP contribution is 2.60. The molecule has 0 saturated heterocycles. The summed E-state index contributed by atoms with van der Waals surface area (Å²) >= 11 is 0. The summed E-state index contributed by atoms with van der Waals surface area (Å²) < 4.78 is 56.2. The van der Waals surface area contributed by atoms with Gasteiger partial charge in [0, 0.05) is 27.7 Å².